The summed E-state index contributed by atoms with van der Waals surface area (Å²) in [6, 6.07) is 13.5. The van der Waals surface area contributed by atoms with Gasteiger partial charge in [-0.3, -0.25) is 14.2 Å². The van der Waals surface area contributed by atoms with Crippen LogP contribution in [0.25, 0.3) is 10.9 Å². The molecule has 132 valence electrons. The van der Waals surface area contributed by atoms with Crippen molar-refractivity contribution in [2.75, 3.05) is 7.05 Å². The summed E-state index contributed by atoms with van der Waals surface area (Å²) in [4.78, 5) is 30.1. The van der Waals surface area contributed by atoms with E-state index in [0.29, 0.717) is 21.2 Å². The zero-order valence-electron chi connectivity index (χ0n) is 14.7. The van der Waals surface area contributed by atoms with Crippen LogP contribution in [-0.2, 0) is 13.5 Å². The maximum absolute atomic E-state index is 13.0. The zero-order chi connectivity index (χ0) is 18.4. The van der Waals surface area contributed by atoms with E-state index in [1.54, 1.807) is 30.1 Å². The van der Waals surface area contributed by atoms with Crippen molar-refractivity contribution in [2.24, 2.45) is 7.05 Å². The van der Waals surface area contributed by atoms with Gasteiger partial charge in [-0.2, -0.15) is 0 Å². The molecule has 0 aliphatic heterocycles. The van der Waals surface area contributed by atoms with E-state index in [4.69, 9.17) is 12.2 Å². The van der Waals surface area contributed by atoms with Gasteiger partial charge in [-0.1, -0.05) is 24.3 Å². The fourth-order valence-electron chi connectivity index (χ4n) is 3.72. The van der Waals surface area contributed by atoms with Gasteiger partial charge in [0.2, 0.25) is 0 Å². The van der Waals surface area contributed by atoms with E-state index in [-0.39, 0.29) is 17.5 Å². The molecular formula is C20H19N3O2S. The van der Waals surface area contributed by atoms with Crippen molar-refractivity contribution in [3.05, 3.63) is 74.3 Å². The molecule has 2 aromatic carbocycles. The summed E-state index contributed by atoms with van der Waals surface area (Å²) >= 11 is 5.17. The summed E-state index contributed by atoms with van der Waals surface area (Å²) in [5.74, 6) is -0.0615. The lowest BCUT2D eigenvalue weighted by Gasteiger charge is -2.25. The van der Waals surface area contributed by atoms with Gasteiger partial charge in [0.25, 0.3) is 11.5 Å². The summed E-state index contributed by atoms with van der Waals surface area (Å²) in [6.07, 6.45) is 1.91. The van der Waals surface area contributed by atoms with E-state index in [0.717, 1.165) is 12.8 Å². The second-order valence-electron chi connectivity index (χ2n) is 6.72. The van der Waals surface area contributed by atoms with Crippen LogP contribution in [0.2, 0.25) is 0 Å². The van der Waals surface area contributed by atoms with Crippen molar-refractivity contribution in [1.82, 2.24) is 14.5 Å². The largest absolute Gasteiger partial charge is 0.335 e. The molecule has 1 atom stereocenters. The minimum Gasteiger partial charge on any atom is -0.335 e. The smallest absolute Gasteiger partial charge is 0.261 e. The maximum Gasteiger partial charge on any atom is 0.261 e. The van der Waals surface area contributed by atoms with Crippen LogP contribution in [-0.4, -0.2) is 27.4 Å². The first-order chi connectivity index (χ1) is 12.5. The number of benzene rings is 2. The zero-order valence-corrected chi connectivity index (χ0v) is 15.5. The number of aromatic amines is 1. The lowest BCUT2D eigenvalue weighted by molar-refractivity contribution is 0.0730. The fourth-order valence-corrected chi connectivity index (χ4v) is 3.91. The van der Waals surface area contributed by atoms with Gasteiger partial charge in [0.1, 0.15) is 0 Å². The Hall–Kier alpha value is -2.73. The predicted molar refractivity (Wildman–Crippen MR) is 104 cm³/mol. The van der Waals surface area contributed by atoms with Crippen molar-refractivity contribution in [3.63, 3.8) is 0 Å². The van der Waals surface area contributed by atoms with Crippen LogP contribution in [0.1, 0.15) is 33.9 Å². The van der Waals surface area contributed by atoms with Crippen LogP contribution >= 0.6 is 12.2 Å². The van der Waals surface area contributed by atoms with Gasteiger partial charge in [-0.25, -0.2) is 0 Å². The van der Waals surface area contributed by atoms with Crippen LogP contribution in [0.5, 0.6) is 0 Å². The Morgan fingerprint density at radius 1 is 1.27 bits per heavy atom. The van der Waals surface area contributed by atoms with Crippen molar-refractivity contribution in [1.29, 1.82) is 0 Å². The SMILES string of the molecule is CN(C(=O)c1ccc2c(=O)n(C)c(=S)[nH]c2c1)[C@@H]1CCc2ccccc21. The Bertz CT molecular complexity index is 1150. The molecule has 5 nitrogen and oxygen atoms in total. The van der Waals surface area contributed by atoms with Gasteiger partial charge in [0.05, 0.1) is 16.9 Å². The fraction of sp³-hybridized carbons (Fsp3) is 0.250. The second kappa shape index (κ2) is 6.21. The summed E-state index contributed by atoms with van der Waals surface area (Å²) in [7, 11) is 3.47. The number of fused-ring (bicyclic) bond motifs is 2. The molecule has 1 aromatic heterocycles. The number of nitrogens with zero attached hydrogens (tertiary/aromatic N) is 2. The lowest BCUT2D eigenvalue weighted by atomic mass is 10.1. The number of amides is 1. The Kier molecular flexibility index (Phi) is 4.00. The number of aryl methyl sites for hydroxylation is 1. The first kappa shape index (κ1) is 16.7. The standard InChI is InChI=1S/C20H19N3O2S/c1-22(17-10-8-12-5-3-4-6-14(12)17)18(24)13-7-9-15-16(11-13)21-20(26)23(2)19(15)25/h3-7,9,11,17H,8,10H2,1-2H3,(H,21,26)/t17-/m1/s1. The van der Waals surface area contributed by atoms with E-state index in [2.05, 4.69) is 17.1 Å². The van der Waals surface area contributed by atoms with Gasteiger partial charge < -0.3 is 9.88 Å². The molecule has 0 spiro atoms. The molecular weight excluding hydrogens is 346 g/mol. The normalized spacial score (nSPS) is 15.8. The lowest BCUT2D eigenvalue weighted by Crippen LogP contribution is -2.30. The van der Waals surface area contributed by atoms with Crippen LogP contribution in [0.4, 0.5) is 0 Å². The molecule has 0 unspecified atom stereocenters. The van der Waals surface area contributed by atoms with Gasteiger partial charge >= 0.3 is 0 Å². The molecule has 0 radical (unpaired) electrons. The minimum absolute atomic E-state index is 0.0615. The molecule has 0 saturated carbocycles. The highest BCUT2D eigenvalue weighted by Crippen LogP contribution is 2.35. The monoisotopic (exact) mass is 365 g/mol. The van der Waals surface area contributed by atoms with E-state index >= 15 is 0 Å². The van der Waals surface area contributed by atoms with Gasteiger partial charge in [0.15, 0.2) is 4.77 Å². The van der Waals surface area contributed by atoms with E-state index in [1.165, 1.54) is 15.7 Å². The van der Waals surface area contributed by atoms with E-state index < -0.39 is 0 Å². The highest BCUT2D eigenvalue weighted by molar-refractivity contribution is 7.71. The average Bonchev–Trinajstić information content (AvgIpc) is 3.08. The molecule has 1 N–H and O–H groups in total. The number of hydrogen-bond acceptors (Lipinski definition) is 3. The number of hydrogen-bond donors (Lipinski definition) is 1. The number of carbonyl (C=O) groups excluding carboxylic acids is 1. The van der Waals surface area contributed by atoms with Gasteiger partial charge in [-0.05, 0) is 54.4 Å². The minimum atomic E-state index is -0.166. The third-order valence-corrected chi connectivity index (χ3v) is 5.61. The molecule has 3 aromatic rings. The van der Waals surface area contributed by atoms with Gasteiger partial charge in [0, 0.05) is 19.7 Å². The van der Waals surface area contributed by atoms with Crippen molar-refractivity contribution in [2.45, 2.75) is 18.9 Å². The summed E-state index contributed by atoms with van der Waals surface area (Å²) in [5, 5.41) is 0.520. The summed E-state index contributed by atoms with van der Waals surface area (Å²) in [6.45, 7) is 0. The highest BCUT2D eigenvalue weighted by atomic mass is 32.1. The van der Waals surface area contributed by atoms with Crippen molar-refractivity contribution >= 4 is 29.0 Å². The van der Waals surface area contributed by atoms with E-state index in [1.807, 2.05) is 19.2 Å². The Morgan fingerprint density at radius 3 is 2.85 bits per heavy atom. The predicted octanol–water partition coefficient (Wildman–Crippen LogP) is 3.36. The van der Waals surface area contributed by atoms with Crippen LogP contribution in [0.3, 0.4) is 0 Å². The number of nitrogens with one attached hydrogen (secondary N) is 1. The molecule has 0 bridgehead atoms. The number of aromatic nitrogens is 2. The Morgan fingerprint density at radius 2 is 2.04 bits per heavy atom. The molecule has 1 aliphatic rings. The summed E-state index contributed by atoms with van der Waals surface area (Å²) in [5.41, 5.74) is 3.49. The number of H-pyrrole nitrogens is 1. The van der Waals surface area contributed by atoms with Crippen LogP contribution < -0.4 is 5.56 Å². The average molecular weight is 365 g/mol. The Labute approximate surface area is 155 Å². The molecule has 1 amide bonds. The van der Waals surface area contributed by atoms with Crippen LogP contribution in [0.15, 0.2) is 47.3 Å². The third-order valence-electron chi connectivity index (χ3n) is 5.24. The third kappa shape index (κ3) is 2.57. The number of carbonyl (C=O) groups is 1. The maximum atomic E-state index is 13.0. The van der Waals surface area contributed by atoms with Crippen LogP contribution in [0, 0.1) is 4.77 Å². The first-order valence-electron chi connectivity index (χ1n) is 8.55. The summed E-state index contributed by atoms with van der Waals surface area (Å²) < 4.78 is 1.73. The molecule has 4 rings (SSSR count). The molecule has 0 saturated heterocycles. The topological polar surface area (TPSA) is 58.1 Å². The second-order valence-corrected chi connectivity index (χ2v) is 7.11. The van der Waals surface area contributed by atoms with Crippen molar-refractivity contribution < 1.29 is 4.79 Å². The Balaban J connectivity index is 1.72. The van der Waals surface area contributed by atoms with Gasteiger partial charge in [-0.15, -0.1) is 0 Å². The molecule has 1 heterocycles. The highest BCUT2D eigenvalue weighted by Gasteiger charge is 2.28. The van der Waals surface area contributed by atoms with E-state index in [9.17, 15) is 9.59 Å². The first-order valence-corrected chi connectivity index (χ1v) is 8.96. The molecule has 0 fully saturated rings. The molecule has 1 aliphatic carbocycles. The number of rotatable bonds is 2. The van der Waals surface area contributed by atoms with Crippen molar-refractivity contribution in [3.8, 4) is 0 Å². The molecule has 6 heteroatoms. The molecule has 26 heavy (non-hydrogen) atoms. The quantitative estimate of drug-likeness (QED) is 0.709.